The summed E-state index contributed by atoms with van der Waals surface area (Å²) in [5.41, 5.74) is 4.22. The molecule has 2 amide bonds. The maximum atomic E-state index is 13.1. The summed E-state index contributed by atoms with van der Waals surface area (Å²) in [7, 11) is 0. The standard InChI is InChI=1S/C28H35N3O3/c32-27-20-31(13-11-29-27)28(33)24-9-10-26-25(17-24)16-22-5-4-6-23(15-22)19-30(18-21-7-8-21)12-2-1-3-14-34-26/h4-6,9-10,15,17,21H,1-3,7-8,11-14,16,18-20H2,(H,29,32). The number of nitrogens with one attached hydrogen (secondary N) is 1. The summed E-state index contributed by atoms with van der Waals surface area (Å²) in [5, 5.41) is 2.78. The van der Waals surface area contributed by atoms with E-state index in [0.29, 0.717) is 31.7 Å². The number of fused-ring (bicyclic) bond motifs is 3. The first-order chi connectivity index (χ1) is 16.6. The minimum Gasteiger partial charge on any atom is -0.493 e. The van der Waals surface area contributed by atoms with Crippen molar-refractivity contribution in [3.63, 3.8) is 0 Å². The minimum atomic E-state index is -0.103. The first kappa shape index (κ1) is 22.9. The van der Waals surface area contributed by atoms with E-state index < -0.39 is 0 Å². The van der Waals surface area contributed by atoms with Crippen LogP contribution in [0.5, 0.6) is 5.75 Å². The number of rotatable bonds is 3. The zero-order chi connectivity index (χ0) is 23.3. The lowest BCUT2D eigenvalue weighted by Crippen LogP contribution is -2.49. The molecule has 34 heavy (non-hydrogen) atoms. The van der Waals surface area contributed by atoms with Crippen LogP contribution in [0.25, 0.3) is 0 Å². The highest BCUT2D eigenvalue weighted by Gasteiger charge is 2.25. The topological polar surface area (TPSA) is 61.9 Å². The molecule has 0 spiro atoms. The summed E-state index contributed by atoms with van der Waals surface area (Å²) in [4.78, 5) is 29.1. The van der Waals surface area contributed by atoms with Crippen LogP contribution in [0, 0.1) is 5.92 Å². The number of nitrogens with zero attached hydrogens (tertiary/aromatic N) is 2. The maximum Gasteiger partial charge on any atom is 0.254 e. The lowest BCUT2D eigenvalue weighted by molar-refractivity contribution is -0.123. The first-order valence-electron chi connectivity index (χ1n) is 12.8. The Kier molecular flexibility index (Phi) is 7.14. The number of piperazine rings is 1. The van der Waals surface area contributed by atoms with E-state index in [9.17, 15) is 9.59 Å². The molecule has 0 unspecified atom stereocenters. The van der Waals surface area contributed by atoms with Gasteiger partial charge in [0.05, 0.1) is 13.2 Å². The molecular formula is C28H35N3O3. The van der Waals surface area contributed by atoms with Gasteiger partial charge in [0, 0.05) is 38.2 Å². The molecule has 1 saturated carbocycles. The highest BCUT2D eigenvalue weighted by Crippen LogP contribution is 2.31. The second kappa shape index (κ2) is 10.6. The number of amides is 2. The summed E-state index contributed by atoms with van der Waals surface area (Å²) < 4.78 is 6.20. The monoisotopic (exact) mass is 461 g/mol. The van der Waals surface area contributed by atoms with E-state index in [-0.39, 0.29) is 18.4 Å². The van der Waals surface area contributed by atoms with Gasteiger partial charge in [-0.25, -0.2) is 0 Å². The molecule has 2 bridgehead atoms. The van der Waals surface area contributed by atoms with E-state index in [2.05, 4.69) is 34.5 Å². The highest BCUT2D eigenvalue weighted by molar-refractivity contribution is 5.97. The molecule has 5 rings (SSSR count). The Balaban J connectivity index is 1.39. The van der Waals surface area contributed by atoms with Crippen LogP contribution in [0.3, 0.4) is 0 Å². The fourth-order valence-corrected chi connectivity index (χ4v) is 5.00. The van der Waals surface area contributed by atoms with Gasteiger partial charge in [-0.15, -0.1) is 0 Å². The van der Waals surface area contributed by atoms with Crippen LogP contribution in [0.2, 0.25) is 0 Å². The molecule has 2 fully saturated rings. The molecule has 1 N–H and O–H groups in total. The van der Waals surface area contributed by atoms with Crippen molar-refractivity contribution in [1.29, 1.82) is 0 Å². The van der Waals surface area contributed by atoms with Crippen LogP contribution < -0.4 is 10.1 Å². The van der Waals surface area contributed by atoms with Gasteiger partial charge in [0.25, 0.3) is 5.91 Å². The van der Waals surface area contributed by atoms with Crippen molar-refractivity contribution < 1.29 is 14.3 Å². The van der Waals surface area contributed by atoms with Crippen molar-refractivity contribution >= 4 is 11.8 Å². The zero-order valence-corrected chi connectivity index (χ0v) is 19.9. The Hall–Kier alpha value is -2.86. The molecule has 2 heterocycles. The molecule has 6 heteroatoms. The van der Waals surface area contributed by atoms with E-state index in [0.717, 1.165) is 43.2 Å². The van der Waals surface area contributed by atoms with Gasteiger partial charge in [-0.1, -0.05) is 24.3 Å². The summed E-state index contributed by atoms with van der Waals surface area (Å²) in [6, 6.07) is 14.6. The van der Waals surface area contributed by atoms with Gasteiger partial charge in [0.1, 0.15) is 5.75 Å². The van der Waals surface area contributed by atoms with Crippen LogP contribution in [0.4, 0.5) is 0 Å². The quantitative estimate of drug-likeness (QED) is 0.758. The Bertz CT molecular complexity index is 1030. The third-order valence-electron chi connectivity index (χ3n) is 7.01. The van der Waals surface area contributed by atoms with Crippen LogP contribution >= 0.6 is 0 Å². The van der Waals surface area contributed by atoms with Gasteiger partial charge in [0.15, 0.2) is 0 Å². The fourth-order valence-electron chi connectivity index (χ4n) is 5.00. The fraction of sp³-hybridized carbons (Fsp3) is 0.500. The zero-order valence-electron chi connectivity index (χ0n) is 19.9. The Morgan fingerprint density at radius 1 is 1.00 bits per heavy atom. The Morgan fingerprint density at radius 2 is 1.88 bits per heavy atom. The minimum absolute atomic E-state index is 0.0958. The van der Waals surface area contributed by atoms with Crippen molar-refractivity contribution in [1.82, 2.24) is 15.1 Å². The number of hydrogen-bond donors (Lipinski definition) is 1. The molecule has 2 aliphatic heterocycles. The van der Waals surface area contributed by atoms with Gasteiger partial charge in [-0.05, 0) is 79.5 Å². The lowest BCUT2D eigenvalue weighted by atomic mass is 9.99. The van der Waals surface area contributed by atoms with Crippen molar-refractivity contribution in [2.75, 3.05) is 39.3 Å². The second-order valence-electron chi connectivity index (χ2n) is 9.98. The molecule has 0 aromatic heterocycles. The molecular weight excluding hydrogens is 426 g/mol. The number of hydrogen-bond acceptors (Lipinski definition) is 4. The largest absolute Gasteiger partial charge is 0.493 e. The van der Waals surface area contributed by atoms with E-state index >= 15 is 0 Å². The summed E-state index contributed by atoms with van der Waals surface area (Å²) in [6.07, 6.45) is 6.86. The third-order valence-corrected chi connectivity index (χ3v) is 7.01. The molecule has 6 nitrogen and oxygen atoms in total. The van der Waals surface area contributed by atoms with Crippen LogP contribution in [0.15, 0.2) is 42.5 Å². The number of carbonyl (C=O) groups is 2. The number of carbonyl (C=O) groups excluding carboxylic acids is 2. The lowest BCUT2D eigenvalue weighted by Gasteiger charge is -2.27. The van der Waals surface area contributed by atoms with Crippen molar-refractivity contribution in [3.05, 3.63) is 64.7 Å². The van der Waals surface area contributed by atoms with Gasteiger partial charge in [-0.2, -0.15) is 0 Å². The van der Waals surface area contributed by atoms with Crippen molar-refractivity contribution in [2.45, 2.75) is 45.1 Å². The van der Waals surface area contributed by atoms with Gasteiger partial charge >= 0.3 is 0 Å². The van der Waals surface area contributed by atoms with Crippen LogP contribution in [-0.2, 0) is 17.8 Å². The summed E-state index contributed by atoms with van der Waals surface area (Å²) in [6.45, 7) is 5.21. The summed E-state index contributed by atoms with van der Waals surface area (Å²) >= 11 is 0. The van der Waals surface area contributed by atoms with E-state index in [4.69, 9.17) is 4.74 Å². The molecule has 2 aromatic carbocycles. The Labute approximate surface area is 202 Å². The maximum absolute atomic E-state index is 13.1. The van der Waals surface area contributed by atoms with Crippen molar-refractivity contribution in [2.24, 2.45) is 5.92 Å². The normalized spacial score (nSPS) is 20.0. The van der Waals surface area contributed by atoms with Crippen LogP contribution in [0.1, 0.15) is 59.2 Å². The summed E-state index contributed by atoms with van der Waals surface area (Å²) in [5.74, 6) is 1.54. The molecule has 0 radical (unpaired) electrons. The SMILES string of the molecule is O=C1CN(C(=O)c2ccc3c(c2)Cc2cccc(c2)CN(CC2CC2)CCCCCO3)CCN1. The van der Waals surface area contributed by atoms with E-state index in [1.165, 1.54) is 36.9 Å². The molecule has 1 aliphatic carbocycles. The molecule has 180 valence electrons. The predicted molar refractivity (Wildman–Crippen MR) is 132 cm³/mol. The second-order valence-corrected chi connectivity index (χ2v) is 9.98. The predicted octanol–water partition coefficient (Wildman–Crippen LogP) is 3.62. The average Bonchev–Trinajstić information content (AvgIpc) is 3.65. The van der Waals surface area contributed by atoms with Gasteiger partial charge in [0.2, 0.25) is 5.91 Å². The molecule has 3 aliphatic rings. The number of benzene rings is 2. The number of ether oxygens (including phenoxy) is 1. The smallest absolute Gasteiger partial charge is 0.254 e. The van der Waals surface area contributed by atoms with Crippen molar-refractivity contribution in [3.8, 4) is 5.75 Å². The first-order valence-corrected chi connectivity index (χ1v) is 12.8. The van der Waals surface area contributed by atoms with Crippen LogP contribution in [-0.4, -0.2) is 60.9 Å². The average molecular weight is 462 g/mol. The molecule has 0 atom stereocenters. The Morgan fingerprint density at radius 3 is 2.74 bits per heavy atom. The molecule has 1 saturated heterocycles. The van der Waals surface area contributed by atoms with Gasteiger partial charge < -0.3 is 15.0 Å². The highest BCUT2D eigenvalue weighted by atomic mass is 16.5. The van der Waals surface area contributed by atoms with E-state index in [1.54, 1.807) is 4.90 Å². The third kappa shape index (κ3) is 5.98. The van der Waals surface area contributed by atoms with Gasteiger partial charge in [-0.3, -0.25) is 14.5 Å². The molecule has 2 aromatic rings. The van der Waals surface area contributed by atoms with E-state index in [1.807, 2.05) is 18.2 Å².